The van der Waals surface area contributed by atoms with E-state index in [-0.39, 0.29) is 5.25 Å². The van der Waals surface area contributed by atoms with Crippen LogP contribution in [0, 0.1) is 12.3 Å². The summed E-state index contributed by atoms with van der Waals surface area (Å²) in [5.74, 6) is 0.686. The highest BCUT2D eigenvalue weighted by molar-refractivity contribution is 7.84. The van der Waals surface area contributed by atoms with Crippen molar-refractivity contribution in [2.24, 2.45) is 5.41 Å². The first-order valence-electron chi connectivity index (χ1n) is 7.52. The number of rotatable bonds is 4. The van der Waals surface area contributed by atoms with Gasteiger partial charge in [-0.05, 0) is 49.8 Å². The molecule has 2 nitrogen and oxygen atoms in total. The van der Waals surface area contributed by atoms with Crippen molar-refractivity contribution in [1.82, 2.24) is 5.32 Å². The van der Waals surface area contributed by atoms with Crippen molar-refractivity contribution in [2.45, 2.75) is 57.1 Å². The van der Waals surface area contributed by atoms with Gasteiger partial charge in [0.1, 0.15) is 0 Å². The summed E-state index contributed by atoms with van der Waals surface area (Å²) in [6, 6.07) is 8.69. The molecule has 0 heterocycles. The van der Waals surface area contributed by atoms with Gasteiger partial charge >= 0.3 is 0 Å². The van der Waals surface area contributed by atoms with Crippen LogP contribution < -0.4 is 5.32 Å². The van der Waals surface area contributed by atoms with Crippen LogP contribution in [0.25, 0.3) is 0 Å². The predicted molar refractivity (Wildman–Crippen MR) is 87.3 cm³/mol. The Hall–Kier alpha value is -0.670. The second kappa shape index (κ2) is 6.40. The van der Waals surface area contributed by atoms with Crippen molar-refractivity contribution in [1.29, 1.82) is 0 Å². The summed E-state index contributed by atoms with van der Waals surface area (Å²) in [7, 11) is 1.19. The first kappa shape index (κ1) is 15.7. The topological polar surface area (TPSA) is 29.1 Å². The molecule has 0 amide bonds. The molecule has 2 rings (SSSR count). The molecule has 20 heavy (non-hydrogen) atoms. The number of nitrogens with one attached hydrogen (secondary N) is 1. The molecule has 1 N–H and O–H groups in total. The van der Waals surface area contributed by atoms with E-state index >= 15 is 0 Å². The summed E-state index contributed by atoms with van der Waals surface area (Å²) >= 11 is 0. The van der Waals surface area contributed by atoms with Crippen LogP contribution in [0.2, 0.25) is 0 Å². The summed E-state index contributed by atoms with van der Waals surface area (Å²) in [4.78, 5) is 0. The fourth-order valence-electron chi connectivity index (χ4n) is 3.16. The van der Waals surface area contributed by atoms with Crippen LogP contribution in [0.3, 0.4) is 0 Å². The van der Waals surface area contributed by atoms with E-state index < -0.39 is 10.8 Å². The Balaban J connectivity index is 2.12. The van der Waals surface area contributed by atoms with Crippen LogP contribution >= 0.6 is 0 Å². The van der Waals surface area contributed by atoms with Gasteiger partial charge in [0.2, 0.25) is 0 Å². The molecule has 0 spiro atoms. The van der Waals surface area contributed by atoms with Crippen LogP contribution in [-0.4, -0.2) is 22.5 Å². The summed E-state index contributed by atoms with van der Waals surface area (Å²) in [6.07, 6.45) is 3.40. The predicted octanol–water partition coefficient (Wildman–Crippen LogP) is 3.41. The zero-order valence-corrected chi connectivity index (χ0v) is 13.9. The second-order valence-electron chi connectivity index (χ2n) is 6.79. The molecule has 3 atom stereocenters. The van der Waals surface area contributed by atoms with Crippen molar-refractivity contribution in [2.75, 3.05) is 7.05 Å². The van der Waals surface area contributed by atoms with Gasteiger partial charge in [-0.1, -0.05) is 38.1 Å². The first-order chi connectivity index (χ1) is 9.43. The molecule has 1 aromatic rings. The average Bonchev–Trinajstić information content (AvgIpc) is 2.40. The highest BCUT2D eigenvalue weighted by atomic mass is 32.2. The SMILES string of the molecule is CNC1CCC(C)(C)CC1S(=O)Cc1ccccc1C. The lowest BCUT2D eigenvalue weighted by Gasteiger charge is -2.40. The van der Waals surface area contributed by atoms with Crippen LogP contribution in [0.4, 0.5) is 0 Å². The van der Waals surface area contributed by atoms with E-state index in [9.17, 15) is 4.21 Å². The summed E-state index contributed by atoms with van der Waals surface area (Å²) in [5, 5.41) is 3.65. The molecule has 0 saturated heterocycles. The van der Waals surface area contributed by atoms with Crippen LogP contribution in [-0.2, 0) is 16.6 Å². The third-order valence-electron chi connectivity index (χ3n) is 4.60. The second-order valence-corrected chi connectivity index (χ2v) is 8.45. The Morgan fingerprint density at radius 1 is 1.35 bits per heavy atom. The summed E-state index contributed by atoms with van der Waals surface area (Å²) < 4.78 is 12.8. The van der Waals surface area contributed by atoms with Crippen molar-refractivity contribution < 1.29 is 4.21 Å². The highest BCUT2D eigenvalue weighted by Gasteiger charge is 2.37. The molecule has 1 saturated carbocycles. The minimum Gasteiger partial charge on any atom is -0.316 e. The van der Waals surface area contributed by atoms with Crippen molar-refractivity contribution in [3.8, 4) is 0 Å². The molecule has 0 radical (unpaired) electrons. The Morgan fingerprint density at radius 2 is 2.05 bits per heavy atom. The van der Waals surface area contributed by atoms with E-state index in [1.54, 1.807) is 0 Å². The Morgan fingerprint density at radius 3 is 2.70 bits per heavy atom. The van der Waals surface area contributed by atoms with E-state index in [4.69, 9.17) is 0 Å². The van der Waals surface area contributed by atoms with Gasteiger partial charge in [0.25, 0.3) is 0 Å². The molecule has 0 aliphatic heterocycles. The lowest BCUT2D eigenvalue weighted by atomic mass is 9.75. The first-order valence-corrected chi connectivity index (χ1v) is 8.90. The largest absolute Gasteiger partial charge is 0.316 e. The normalized spacial score (nSPS) is 27.2. The van der Waals surface area contributed by atoms with E-state index in [1.165, 1.54) is 17.5 Å². The van der Waals surface area contributed by atoms with E-state index in [2.05, 4.69) is 38.2 Å². The van der Waals surface area contributed by atoms with Crippen molar-refractivity contribution in [3.63, 3.8) is 0 Å². The average molecular weight is 293 g/mol. The molecule has 112 valence electrons. The smallest absolute Gasteiger partial charge is 0.0509 e. The zero-order chi connectivity index (χ0) is 14.8. The summed E-state index contributed by atoms with van der Waals surface area (Å²) in [5.41, 5.74) is 2.79. The molecule has 1 aliphatic carbocycles. The number of hydrogen-bond donors (Lipinski definition) is 1. The standard InChI is InChI=1S/C17H27NOS/c1-13-7-5-6-8-14(13)12-20(19)16-11-17(2,3)10-9-15(16)18-4/h5-8,15-16,18H,9-12H2,1-4H3. The molecule has 1 fully saturated rings. The maximum Gasteiger partial charge on any atom is 0.0509 e. The van der Waals surface area contributed by atoms with Crippen molar-refractivity contribution >= 4 is 10.8 Å². The van der Waals surface area contributed by atoms with Gasteiger partial charge < -0.3 is 5.32 Å². The summed E-state index contributed by atoms with van der Waals surface area (Å²) in [6.45, 7) is 6.71. The number of aryl methyl sites for hydroxylation is 1. The Bertz CT molecular complexity index is 484. The quantitative estimate of drug-likeness (QED) is 0.921. The minimum absolute atomic E-state index is 0.267. The molecule has 0 aromatic heterocycles. The number of benzene rings is 1. The highest BCUT2D eigenvalue weighted by Crippen LogP contribution is 2.38. The van der Waals surface area contributed by atoms with Crippen molar-refractivity contribution in [3.05, 3.63) is 35.4 Å². The molecule has 0 bridgehead atoms. The van der Waals surface area contributed by atoms with Gasteiger partial charge in [0, 0.05) is 22.6 Å². The Labute approximate surface area is 125 Å². The van der Waals surface area contributed by atoms with Gasteiger partial charge in [-0.3, -0.25) is 4.21 Å². The van der Waals surface area contributed by atoms with E-state index in [0.29, 0.717) is 17.2 Å². The van der Waals surface area contributed by atoms with Gasteiger partial charge in [-0.2, -0.15) is 0 Å². The third-order valence-corrected chi connectivity index (χ3v) is 6.37. The molecule has 3 heteroatoms. The molecular weight excluding hydrogens is 266 g/mol. The van der Waals surface area contributed by atoms with E-state index in [0.717, 1.165) is 12.8 Å². The molecule has 1 aliphatic rings. The lowest BCUT2D eigenvalue weighted by Crippen LogP contribution is -2.47. The third kappa shape index (κ3) is 3.70. The fourth-order valence-corrected chi connectivity index (χ4v) is 5.28. The van der Waals surface area contributed by atoms with Crippen LogP contribution in [0.15, 0.2) is 24.3 Å². The Kier molecular flexibility index (Phi) is 5.03. The van der Waals surface area contributed by atoms with Gasteiger partial charge in [-0.15, -0.1) is 0 Å². The molecular formula is C17H27NOS. The zero-order valence-electron chi connectivity index (χ0n) is 13.1. The van der Waals surface area contributed by atoms with Crippen LogP contribution in [0.1, 0.15) is 44.2 Å². The van der Waals surface area contributed by atoms with E-state index in [1.807, 2.05) is 19.2 Å². The maximum atomic E-state index is 12.8. The fraction of sp³-hybridized carbons (Fsp3) is 0.647. The molecule has 1 aromatic carbocycles. The molecule has 3 unspecified atom stereocenters. The van der Waals surface area contributed by atoms with Gasteiger partial charge in [0.15, 0.2) is 0 Å². The van der Waals surface area contributed by atoms with Crippen LogP contribution in [0.5, 0.6) is 0 Å². The van der Waals surface area contributed by atoms with Gasteiger partial charge in [0.05, 0.1) is 5.25 Å². The lowest BCUT2D eigenvalue weighted by molar-refractivity contribution is 0.216. The minimum atomic E-state index is -0.807. The number of hydrogen-bond acceptors (Lipinski definition) is 2. The monoisotopic (exact) mass is 293 g/mol. The maximum absolute atomic E-state index is 12.8. The van der Waals surface area contributed by atoms with Gasteiger partial charge in [-0.25, -0.2) is 0 Å².